The van der Waals surface area contributed by atoms with Crippen LogP contribution in [0.3, 0.4) is 0 Å². The molecule has 0 unspecified atom stereocenters. The van der Waals surface area contributed by atoms with Crippen molar-refractivity contribution >= 4 is 17.5 Å². The number of hydrogen-bond acceptors (Lipinski definition) is 5. The molecule has 0 saturated carbocycles. The molecule has 25 heavy (non-hydrogen) atoms. The molecule has 0 aromatic heterocycles. The minimum absolute atomic E-state index is 0.00604. The molecule has 6 nitrogen and oxygen atoms in total. The van der Waals surface area contributed by atoms with Gasteiger partial charge < -0.3 is 9.47 Å². The minimum Gasteiger partial charge on any atom is -0.494 e. The van der Waals surface area contributed by atoms with E-state index in [4.69, 9.17) is 9.47 Å². The number of benzene rings is 2. The van der Waals surface area contributed by atoms with Crippen molar-refractivity contribution in [2.24, 2.45) is 0 Å². The van der Waals surface area contributed by atoms with Crippen LogP contribution in [0.1, 0.15) is 29.8 Å². The van der Waals surface area contributed by atoms with Gasteiger partial charge in [-0.05, 0) is 55.8 Å². The largest absolute Gasteiger partial charge is 0.494 e. The van der Waals surface area contributed by atoms with E-state index >= 15 is 0 Å². The fourth-order valence-corrected chi connectivity index (χ4v) is 2.21. The first-order valence-corrected chi connectivity index (χ1v) is 7.91. The fourth-order valence-electron chi connectivity index (χ4n) is 2.21. The second kappa shape index (κ2) is 8.63. The number of ketones is 1. The molecule has 0 atom stereocenters. The molecular formula is C19H19NO5. The lowest BCUT2D eigenvalue weighted by atomic mass is 10.1. The molecule has 2 aromatic rings. The van der Waals surface area contributed by atoms with E-state index < -0.39 is 4.92 Å². The lowest BCUT2D eigenvalue weighted by molar-refractivity contribution is -0.384. The van der Waals surface area contributed by atoms with Crippen LogP contribution in [0.25, 0.3) is 6.08 Å². The van der Waals surface area contributed by atoms with Gasteiger partial charge in [0.05, 0.1) is 23.7 Å². The van der Waals surface area contributed by atoms with Crippen molar-refractivity contribution in [1.29, 1.82) is 0 Å². The van der Waals surface area contributed by atoms with E-state index in [1.807, 2.05) is 13.8 Å². The Hall–Kier alpha value is -3.15. The number of nitro benzene ring substituents is 1. The summed E-state index contributed by atoms with van der Waals surface area (Å²) in [5.41, 5.74) is 1.11. The predicted octanol–water partition coefficient (Wildman–Crippen LogP) is 4.29. The average molecular weight is 341 g/mol. The highest BCUT2D eigenvalue weighted by molar-refractivity contribution is 6.08. The van der Waals surface area contributed by atoms with Gasteiger partial charge in [0.15, 0.2) is 5.78 Å². The molecule has 2 aromatic carbocycles. The third kappa shape index (κ3) is 4.91. The van der Waals surface area contributed by atoms with Crippen LogP contribution in [0.2, 0.25) is 0 Å². The second-order valence-electron chi connectivity index (χ2n) is 5.07. The summed E-state index contributed by atoms with van der Waals surface area (Å²) < 4.78 is 10.9. The number of hydrogen-bond donors (Lipinski definition) is 0. The molecule has 0 amide bonds. The highest BCUT2D eigenvalue weighted by Crippen LogP contribution is 2.25. The van der Waals surface area contributed by atoms with E-state index in [-0.39, 0.29) is 11.5 Å². The van der Waals surface area contributed by atoms with Gasteiger partial charge in [-0.2, -0.15) is 0 Å². The Balaban J connectivity index is 2.23. The van der Waals surface area contributed by atoms with Gasteiger partial charge in [-0.3, -0.25) is 14.9 Å². The number of nitrogens with zero attached hydrogens (tertiary/aromatic N) is 1. The lowest BCUT2D eigenvalue weighted by Gasteiger charge is -2.10. The summed E-state index contributed by atoms with van der Waals surface area (Å²) in [6, 6.07) is 11.1. The summed E-state index contributed by atoms with van der Waals surface area (Å²) in [4.78, 5) is 22.7. The van der Waals surface area contributed by atoms with E-state index in [0.29, 0.717) is 35.8 Å². The summed E-state index contributed by atoms with van der Waals surface area (Å²) >= 11 is 0. The quantitative estimate of drug-likeness (QED) is 0.310. The molecule has 0 aliphatic carbocycles. The van der Waals surface area contributed by atoms with E-state index in [2.05, 4.69) is 0 Å². The smallest absolute Gasteiger partial charge is 0.269 e. The van der Waals surface area contributed by atoms with Crippen molar-refractivity contribution in [1.82, 2.24) is 0 Å². The summed E-state index contributed by atoms with van der Waals surface area (Å²) in [6.07, 6.45) is 3.02. The fraction of sp³-hybridized carbons (Fsp3) is 0.211. The highest BCUT2D eigenvalue weighted by Gasteiger charge is 2.12. The molecule has 6 heteroatoms. The first-order valence-electron chi connectivity index (χ1n) is 7.91. The van der Waals surface area contributed by atoms with Gasteiger partial charge in [-0.15, -0.1) is 0 Å². The standard InChI is InChI=1S/C19H19NO5/c1-3-24-16-10-12-19(25-4-2)17(13-16)18(21)11-7-14-5-8-15(9-6-14)20(22)23/h5-13H,3-4H2,1-2H3. The predicted molar refractivity (Wildman–Crippen MR) is 95.2 cm³/mol. The summed E-state index contributed by atoms with van der Waals surface area (Å²) in [7, 11) is 0. The zero-order valence-corrected chi connectivity index (χ0v) is 14.1. The molecule has 2 rings (SSSR count). The van der Waals surface area contributed by atoms with Crippen molar-refractivity contribution in [3.05, 3.63) is 69.8 Å². The summed E-state index contributed by atoms with van der Waals surface area (Å²) in [5.74, 6) is 0.852. The Bertz CT molecular complexity index is 781. The monoisotopic (exact) mass is 341 g/mol. The topological polar surface area (TPSA) is 78.7 Å². The molecular weight excluding hydrogens is 322 g/mol. The van der Waals surface area contributed by atoms with Gasteiger partial charge in [0, 0.05) is 12.1 Å². The third-order valence-corrected chi connectivity index (χ3v) is 3.36. The number of allylic oxidation sites excluding steroid dienone is 1. The Morgan fingerprint density at radius 1 is 1.08 bits per heavy atom. The molecule has 0 aliphatic rings. The second-order valence-corrected chi connectivity index (χ2v) is 5.07. The van der Waals surface area contributed by atoms with Crippen LogP contribution in [-0.4, -0.2) is 23.9 Å². The van der Waals surface area contributed by atoms with Gasteiger partial charge in [0.25, 0.3) is 5.69 Å². The van der Waals surface area contributed by atoms with Crippen LogP contribution < -0.4 is 9.47 Å². The zero-order valence-electron chi connectivity index (χ0n) is 14.1. The van der Waals surface area contributed by atoms with Crippen molar-refractivity contribution in [2.75, 3.05) is 13.2 Å². The highest BCUT2D eigenvalue weighted by atomic mass is 16.6. The molecule has 0 heterocycles. The Kier molecular flexibility index (Phi) is 6.28. The summed E-state index contributed by atoms with van der Waals surface area (Å²) in [5, 5.41) is 10.7. The van der Waals surface area contributed by atoms with Crippen molar-refractivity contribution in [2.45, 2.75) is 13.8 Å². The molecule has 0 spiro atoms. The SMILES string of the molecule is CCOc1ccc(OCC)c(C(=O)C=Cc2ccc([N+](=O)[O-])cc2)c1. The number of carbonyl (C=O) groups excluding carboxylic acids is 1. The maximum atomic E-state index is 12.5. The van der Waals surface area contributed by atoms with E-state index in [1.54, 1.807) is 36.4 Å². The molecule has 0 aliphatic heterocycles. The van der Waals surface area contributed by atoms with E-state index in [9.17, 15) is 14.9 Å². The number of carbonyl (C=O) groups is 1. The average Bonchev–Trinajstić information content (AvgIpc) is 2.61. The Morgan fingerprint density at radius 2 is 1.76 bits per heavy atom. The Morgan fingerprint density at radius 3 is 2.36 bits per heavy atom. The number of non-ortho nitro benzene ring substituents is 1. The molecule has 130 valence electrons. The van der Waals surface area contributed by atoms with Gasteiger partial charge in [-0.1, -0.05) is 6.08 Å². The van der Waals surface area contributed by atoms with E-state index in [0.717, 1.165) is 0 Å². The Labute approximate surface area is 145 Å². The van der Waals surface area contributed by atoms with Gasteiger partial charge in [0.1, 0.15) is 11.5 Å². The number of ether oxygens (including phenoxy) is 2. The molecule has 0 fully saturated rings. The van der Waals surface area contributed by atoms with Crippen molar-refractivity contribution in [3.63, 3.8) is 0 Å². The molecule has 0 saturated heterocycles. The van der Waals surface area contributed by atoms with Gasteiger partial charge in [-0.25, -0.2) is 0 Å². The van der Waals surface area contributed by atoms with Crippen LogP contribution in [-0.2, 0) is 0 Å². The molecule has 0 radical (unpaired) electrons. The third-order valence-electron chi connectivity index (χ3n) is 3.36. The summed E-state index contributed by atoms with van der Waals surface area (Å²) in [6.45, 7) is 4.66. The van der Waals surface area contributed by atoms with E-state index in [1.165, 1.54) is 18.2 Å². The van der Waals surface area contributed by atoms with Gasteiger partial charge >= 0.3 is 0 Å². The van der Waals surface area contributed by atoms with Crippen LogP contribution in [0.4, 0.5) is 5.69 Å². The first kappa shape index (κ1) is 18.2. The lowest BCUT2D eigenvalue weighted by Crippen LogP contribution is -2.03. The zero-order chi connectivity index (χ0) is 18.2. The molecule has 0 N–H and O–H groups in total. The molecule has 0 bridgehead atoms. The van der Waals surface area contributed by atoms with Crippen LogP contribution in [0.5, 0.6) is 11.5 Å². The van der Waals surface area contributed by atoms with Crippen molar-refractivity contribution < 1.29 is 19.2 Å². The minimum atomic E-state index is -0.466. The number of rotatable bonds is 8. The maximum Gasteiger partial charge on any atom is 0.269 e. The van der Waals surface area contributed by atoms with Crippen LogP contribution in [0.15, 0.2) is 48.5 Å². The first-order chi connectivity index (χ1) is 12.0. The van der Waals surface area contributed by atoms with Crippen LogP contribution >= 0.6 is 0 Å². The van der Waals surface area contributed by atoms with Crippen molar-refractivity contribution in [3.8, 4) is 11.5 Å². The van der Waals surface area contributed by atoms with Gasteiger partial charge in [0.2, 0.25) is 0 Å². The maximum absolute atomic E-state index is 12.5. The van der Waals surface area contributed by atoms with Crippen LogP contribution in [0, 0.1) is 10.1 Å². The normalized spacial score (nSPS) is 10.6. The number of nitro groups is 1.